The Balaban J connectivity index is 1.43. The minimum absolute atomic E-state index is 0.0128. The molecular formula is C17H21FN2O. The predicted molar refractivity (Wildman–Crippen MR) is 79.5 cm³/mol. The number of urea groups is 1. The number of carbonyl (C=O) groups is 1. The van der Waals surface area contributed by atoms with Crippen LogP contribution in [0.4, 0.5) is 14.9 Å². The van der Waals surface area contributed by atoms with E-state index < -0.39 is 0 Å². The van der Waals surface area contributed by atoms with E-state index in [0.29, 0.717) is 5.69 Å². The summed E-state index contributed by atoms with van der Waals surface area (Å²) in [4.78, 5) is 12.3. The van der Waals surface area contributed by atoms with E-state index in [-0.39, 0.29) is 17.4 Å². The summed E-state index contributed by atoms with van der Waals surface area (Å²) < 4.78 is 12.9. The van der Waals surface area contributed by atoms with Crippen LogP contribution in [0.15, 0.2) is 24.3 Å². The number of anilines is 1. The SMILES string of the molecule is O=C(Nc1ccc(F)cc1)NC12CC3CC(CC(C3)C1)C2. The highest BCUT2D eigenvalue weighted by Crippen LogP contribution is 2.55. The Bertz CT molecular complexity index is 519. The van der Waals surface area contributed by atoms with Gasteiger partial charge in [-0.25, -0.2) is 9.18 Å². The first-order valence-electron chi connectivity index (χ1n) is 7.95. The maximum Gasteiger partial charge on any atom is 0.319 e. The van der Waals surface area contributed by atoms with Gasteiger partial charge >= 0.3 is 6.03 Å². The smallest absolute Gasteiger partial charge is 0.319 e. The van der Waals surface area contributed by atoms with Crippen LogP contribution in [0.25, 0.3) is 0 Å². The van der Waals surface area contributed by atoms with Gasteiger partial charge in [0, 0.05) is 11.2 Å². The molecule has 4 saturated carbocycles. The molecule has 1 aromatic rings. The van der Waals surface area contributed by atoms with Crippen molar-refractivity contribution in [3.05, 3.63) is 30.1 Å². The number of benzene rings is 1. The van der Waals surface area contributed by atoms with E-state index in [1.807, 2.05) is 0 Å². The second kappa shape index (κ2) is 4.72. The van der Waals surface area contributed by atoms with Crippen LogP contribution in [0.5, 0.6) is 0 Å². The first-order valence-corrected chi connectivity index (χ1v) is 7.95. The molecule has 2 amide bonds. The van der Waals surface area contributed by atoms with Gasteiger partial charge in [0.15, 0.2) is 0 Å². The Morgan fingerprint density at radius 2 is 1.52 bits per heavy atom. The number of amides is 2. The maximum absolute atomic E-state index is 12.9. The lowest BCUT2D eigenvalue weighted by molar-refractivity contribution is -0.0127. The molecule has 4 bridgehead atoms. The first kappa shape index (κ1) is 13.1. The van der Waals surface area contributed by atoms with E-state index in [1.165, 1.54) is 31.4 Å². The Labute approximate surface area is 124 Å². The summed E-state index contributed by atoms with van der Waals surface area (Å²) in [5.41, 5.74) is 0.650. The normalized spacial score (nSPS) is 36.5. The van der Waals surface area contributed by atoms with Crippen LogP contribution in [0.1, 0.15) is 38.5 Å². The maximum atomic E-state index is 12.9. The van der Waals surface area contributed by atoms with Gasteiger partial charge in [0.1, 0.15) is 5.82 Å². The third kappa shape index (κ3) is 2.52. The summed E-state index contributed by atoms with van der Waals surface area (Å²) in [6.07, 6.45) is 7.49. The lowest BCUT2D eigenvalue weighted by Crippen LogP contribution is -2.60. The van der Waals surface area contributed by atoms with Crippen molar-refractivity contribution in [1.29, 1.82) is 0 Å². The van der Waals surface area contributed by atoms with Crippen molar-refractivity contribution in [2.75, 3.05) is 5.32 Å². The fraction of sp³-hybridized carbons (Fsp3) is 0.588. The molecule has 0 heterocycles. The molecule has 5 rings (SSSR count). The van der Waals surface area contributed by atoms with Crippen LogP contribution in [-0.2, 0) is 0 Å². The van der Waals surface area contributed by atoms with Gasteiger partial charge in [-0.05, 0) is 80.5 Å². The van der Waals surface area contributed by atoms with Crippen molar-refractivity contribution in [1.82, 2.24) is 5.32 Å². The first-order chi connectivity index (χ1) is 10.1. The molecule has 0 atom stereocenters. The van der Waals surface area contributed by atoms with E-state index in [4.69, 9.17) is 0 Å². The zero-order valence-electron chi connectivity index (χ0n) is 12.1. The van der Waals surface area contributed by atoms with E-state index in [1.54, 1.807) is 12.1 Å². The van der Waals surface area contributed by atoms with Crippen LogP contribution in [0.3, 0.4) is 0 Å². The molecule has 0 radical (unpaired) electrons. The standard InChI is InChI=1S/C17H21FN2O/c18-14-1-3-15(4-2-14)19-16(21)20-17-8-11-5-12(9-17)7-13(6-11)10-17/h1-4,11-13H,5-10H2,(H2,19,20,21). The average Bonchev–Trinajstić information content (AvgIpc) is 2.39. The summed E-state index contributed by atoms with van der Waals surface area (Å²) in [6.45, 7) is 0. The van der Waals surface area contributed by atoms with E-state index in [9.17, 15) is 9.18 Å². The molecule has 4 aliphatic rings. The molecule has 4 fully saturated rings. The van der Waals surface area contributed by atoms with Crippen molar-refractivity contribution in [3.63, 3.8) is 0 Å². The van der Waals surface area contributed by atoms with Crippen molar-refractivity contribution in [2.45, 2.75) is 44.1 Å². The highest BCUT2D eigenvalue weighted by atomic mass is 19.1. The van der Waals surface area contributed by atoms with Crippen molar-refractivity contribution in [3.8, 4) is 0 Å². The number of halogens is 1. The largest absolute Gasteiger partial charge is 0.332 e. The van der Waals surface area contributed by atoms with Gasteiger partial charge in [-0.3, -0.25) is 0 Å². The Kier molecular flexibility index (Phi) is 2.95. The molecule has 0 spiro atoms. The van der Waals surface area contributed by atoms with Gasteiger partial charge in [0.25, 0.3) is 0 Å². The van der Waals surface area contributed by atoms with Crippen molar-refractivity contribution < 1.29 is 9.18 Å². The second-order valence-electron chi connectivity index (χ2n) is 7.28. The summed E-state index contributed by atoms with van der Waals surface area (Å²) in [7, 11) is 0. The average molecular weight is 288 g/mol. The highest BCUT2D eigenvalue weighted by molar-refractivity contribution is 5.89. The molecule has 4 aliphatic carbocycles. The van der Waals surface area contributed by atoms with Crippen LogP contribution in [0.2, 0.25) is 0 Å². The number of hydrogen-bond donors (Lipinski definition) is 2. The van der Waals surface area contributed by atoms with Gasteiger partial charge in [0.2, 0.25) is 0 Å². The van der Waals surface area contributed by atoms with E-state index >= 15 is 0 Å². The third-order valence-corrected chi connectivity index (χ3v) is 5.52. The molecule has 2 N–H and O–H groups in total. The predicted octanol–water partition coefficient (Wildman–Crippen LogP) is 3.92. The minimum atomic E-state index is -0.290. The van der Waals surface area contributed by atoms with Gasteiger partial charge in [-0.2, -0.15) is 0 Å². The number of carbonyl (C=O) groups excluding carboxylic acids is 1. The monoisotopic (exact) mass is 288 g/mol. The Hall–Kier alpha value is -1.58. The van der Waals surface area contributed by atoms with Crippen LogP contribution >= 0.6 is 0 Å². The number of hydrogen-bond acceptors (Lipinski definition) is 1. The van der Waals surface area contributed by atoms with Gasteiger partial charge in [-0.15, -0.1) is 0 Å². The summed E-state index contributed by atoms with van der Waals surface area (Å²) in [5, 5.41) is 6.07. The summed E-state index contributed by atoms with van der Waals surface area (Å²) >= 11 is 0. The lowest BCUT2D eigenvalue weighted by Gasteiger charge is -2.56. The summed E-state index contributed by atoms with van der Waals surface area (Å²) in [6, 6.07) is 5.76. The van der Waals surface area contributed by atoms with Crippen molar-refractivity contribution in [2.24, 2.45) is 17.8 Å². The van der Waals surface area contributed by atoms with Crippen LogP contribution < -0.4 is 10.6 Å². The molecule has 21 heavy (non-hydrogen) atoms. The van der Waals surface area contributed by atoms with Crippen LogP contribution in [-0.4, -0.2) is 11.6 Å². The molecule has 0 aliphatic heterocycles. The van der Waals surface area contributed by atoms with Gasteiger partial charge < -0.3 is 10.6 Å². The Morgan fingerprint density at radius 1 is 1.00 bits per heavy atom. The molecule has 0 unspecified atom stereocenters. The number of rotatable bonds is 2. The Morgan fingerprint density at radius 3 is 2.05 bits per heavy atom. The zero-order chi connectivity index (χ0) is 14.4. The molecule has 4 heteroatoms. The number of nitrogens with one attached hydrogen (secondary N) is 2. The molecule has 0 aromatic heterocycles. The molecule has 3 nitrogen and oxygen atoms in total. The quantitative estimate of drug-likeness (QED) is 0.851. The van der Waals surface area contributed by atoms with Crippen molar-refractivity contribution >= 4 is 11.7 Å². The summed E-state index contributed by atoms with van der Waals surface area (Å²) in [5.74, 6) is 2.13. The molecule has 1 aromatic carbocycles. The van der Waals surface area contributed by atoms with Gasteiger partial charge in [0.05, 0.1) is 0 Å². The molecular weight excluding hydrogens is 267 g/mol. The van der Waals surface area contributed by atoms with Crippen LogP contribution in [0, 0.1) is 23.6 Å². The highest BCUT2D eigenvalue weighted by Gasteiger charge is 2.51. The van der Waals surface area contributed by atoms with E-state index in [2.05, 4.69) is 10.6 Å². The molecule has 0 saturated heterocycles. The minimum Gasteiger partial charge on any atom is -0.332 e. The third-order valence-electron chi connectivity index (χ3n) is 5.52. The lowest BCUT2D eigenvalue weighted by atomic mass is 9.53. The molecule has 112 valence electrons. The fourth-order valence-corrected chi connectivity index (χ4v) is 5.20. The van der Waals surface area contributed by atoms with E-state index in [0.717, 1.165) is 37.0 Å². The fourth-order valence-electron chi connectivity index (χ4n) is 5.20. The second-order valence-corrected chi connectivity index (χ2v) is 7.28. The van der Waals surface area contributed by atoms with Gasteiger partial charge in [-0.1, -0.05) is 0 Å². The zero-order valence-corrected chi connectivity index (χ0v) is 12.1. The topological polar surface area (TPSA) is 41.1 Å².